The predicted molar refractivity (Wildman–Crippen MR) is 78.3 cm³/mol. The Hall–Kier alpha value is -1.91. The Morgan fingerprint density at radius 2 is 1.77 bits per heavy atom. The highest BCUT2D eigenvalue weighted by Crippen LogP contribution is 2.59. The van der Waals surface area contributed by atoms with E-state index in [0.29, 0.717) is 22.5 Å². The SMILES string of the molecule is O=C1C2=CCCC=C2C2(O)Oc3cc4c(cc3C12O)CCC4. The number of carbonyl (C=O) groups is 1. The van der Waals surface area contributed by atoms with E-state index in [9.17, 15) is 15.0 Å². The van der Waals surface area contributed by atoms with Gasteiger partial charge in [-0.15, -0.1) is 0 Å². The molecule has 0 bridgehead atoms. The van der Waals surface area contributed by atoms with Crippen molar-refractivity contribution in [3.8, 4) is 5.75 Å². The summed E-state index contributed by atoms with van der Waals surface area (Å²) in [7, 11) is 0. The van der Waals surface area contributed by atoms with Crippen molar-refractivity contribution in [2.45, 2.75) is 43.5 Å². The lowest BCUT2D eigenvalue weighted by Gasteiger charge is -2.28. The van der Waals surface area contributed by atoms with E-state index in [2.05, 4.69) is 0 Å². The second kappa shape index (κ2) is 3.70. The molecule has 4 nitrogen and oxygen atoms in total. The van der Waals surface area contributed by atoms with Crippen LogP contribution in [0.5, 0.6) is 5.75 Å². The summed E-state index contributed by atoms with van der Waals surface area (Å²) in [6.45, 7) is 0. The van der Waals surface area contributed by atoms with Gasteiger partial charge >= 0.3 is 0 Å². The molecule has 0 amide bonds. The molecule has 0 radical (unpaired) electrons. The van der Waals surface area contributed by atoms with E-state index >= 15 is 0 Å². The normalized spacial score (nSPS) is 34.4. The first-order valence-corrected chi connectivity index (χ1v) is 7.82. The lowest BCUT2D eigenvalue weighted by Crippen LogP contribution is -2.51. The third-order valence-electron chi connectivity index (χ3n) is 5.42. The van der Waals surface area contributed by atoms with Gasteiger partial charge in [0.25, 0.3) is 5.79 Å². The summed E-state index contributed by atoms with van der Waals surface area (Å²) < 4.78 is 5.76. The fourth-order valence-electron chi connectivity index (χ4n) is 4.32. The topological polar surface area (TPSA) is 66.8 Å². The van der Waals surface area contributed by atoms with Crippen LogP contribution in [-0.2, 0) is 23.2 Å². The van der Waals surface area contributed by atoms with Crippen molar-refractivity contribution in [2.24, 2.45) is 0 Å². The Kier molecular flexibility index (Phi) is 2.12. The summed E-state index contributed by atoms with van der Waals surface area (Å²) in [5.41, 5.74) is 1.56. The molecule has 1 aromatic carbocycles. The zero-order valence-corrected chi connectivity index (χ0v) is 12.1. The largest absolute Gasteiger partial charge is 0.454 e. The number of aryl methyl sites for hydroxylation is 2. The summed E-state index contributed by atoms with van der Waals surface area (Å²) in [5.74, 6) is -1.99. The van der Waals surface area contributed by atoms with Gasteiger partial charge < -0.3 is 14.9 Å². The highest BCUT2D eigenvalue weighted by Gasteiger charge is 2.72. The van der Waals surface area contributed by atoms with Gasteiger partial charge in [-0.25, -0.2) is 0 Å². The van der Waals surface area contributed by atoms with Crippen molar-refractivity contribution in [2.75, 3.05) is 0 Å². The van der Waals surface area contributed by atoms with Gasteiger partial charge in [0.15, 0.2) is 0 Å². The third kappa shape index (κ3) is 1.17. The smallest absolute Gasteiger partial charge is 0.276 e. The lowest BCUT2D eigenvalue weighted by atomic mass is 9.86. The molecule has 0 saturated heterocycles. The predicted octanol–water partition coefficient (Wildman–Crippen LogP) is 1.67. The van der Waals surface area contributed by atoms with Crippen LogP contribution in [-0.4, -0.2) is 21.8 Å². The van der Waals surface area contributed by atoms with E-state index < -0.39 is 17.2 Å². The average molecular weight is 296 g/mol. The number of rotatable bonds is 0. The maximum atomic E-state index is 12.8. The quantitative estimate of drug-likeness (QED) is 0.764. The Morgan fingerprint density at radius 3 is 2.59 bits per heavy atom. The van der Waals surface area contributed by atoms with Crippen LogP contribution in [0.25, 0.3) is 0 Å². The van der Waals surface area contributed by atoms with E-state index in [1.165, 1.54) is 5.56 Å². The van der Waals surface area contributed by atoms with Crippen molar-refractivity contribution in [1.29, 1.82) is 0 Å². The van der Waals surface area contributed by atoms with E-state index in [0.717, 1.165) is 37.7 Å². The summed E-state index contributed by atoms with van der Waals surface area (Å²) in [6, 6.07) is 3.73. The van der Waals surface area contributed by atoms with Crippen molar-refractivity contribution < 1.29 is 19.7 Å². The van der Waals surface area contributed by atoms with Gasteiger partial charge in [0.1, 0.15) is 5.75 Å². The summed E-state index contributed by atoms with van der Waals surface area (Å²) in [4.78, 5) is 12.8. The highest BCUT2D eigenvalue weighted by atomic mass is 16.7. The van der Waals surface area contributed by atoms with Crippen LogP contribution in [0.4, 0.5) is 0 Å². The molecule has 3 aliphatic carbocycles. The molecule has 4 aliphatic rings. The zero-order valence-electron chi connectivity index (χ0n) is 12.1. The summed E-state index contributed by atoms with van der Waals surface area (Å²) in [5, 5.41) is 22.2. The minimum absolute atomic E-state index is 0.405. The fraction of sp³-hybridized carbons (Fsp3) is 0.389. The molecule has 22 heavy (non-hydrogen) atoms. The monoisotopic (exact) mass is 296 g/mol. The van der Waals surface area contributed by atoms with Gasteiger partial charge in [0.2, 0.25) is 11.4 Å². The van der Waals surface area contributed by atoms with E-state index in [1.807, 2.05) is 18.2 Å². The first kappa shape index (κ1) is 12.6. The molecule has 1 saturated carbocycles. The number of aliphatic hydroxyl groups is 2. The van der Waals surface area contributed by atoms with Crippen LogP contribution in [0.1, 0.15) is 36.0 Å². The molecule has 1 aliphatic heterocycles. The van der Waals surface area contributed by atoms with Gasteiger partial charge in [-0.2, -0.15) is 0 Å². The van der Waals surface area contributed by atoms with Crippen molar-refractivity contribution in [3.05, 3.63) is 52.1 Å². The van der Waals surface area contributed by atoms with Crippen LogP contribution < -0.4 is 4.74 Å². The molecule has 4 heteroatoms. The molecule has 112 valence electrons. The number of carbonyl (C=O) groups excluding carboxylic acids is 1. The molecule has 2 unspecified atom stereocenters. The van der Waals surface area contributed by atoms with Crippen LogP contribution in [0.15, 0.2) is 35.4 Å². The molecule has 1 fully saturated rings. The first-order valence-electron chi connectivity index (χ1n) is 7.82. The fourth-order valence-corrected chi connectivity index (χ4v) is 4.32. The minimum Gasteiger partial charge on any atom is -0.454 e. The lowest BCUT2D eigenvalue weighted by molar-refractivity contribution is -0.202. The number of ketones is 1. The zero-order chi connectivity index (χ0) is 15.1. The second-order valence-electron chi connectivity index (χ2n) is 6.57. The van der Waals surface area contributed by atoms with Crippen LogP contribution in [0.2, 0.25) is 0 Å². The maximum absolute atomic E-state index is 12.8. The number of fused-ring (bicyclic) bond motifs is 6. The Bertz CT molecular complexity index is 804. The number of ether oxygens (including phenoxy) is 1. The van der Waals surface area contributed by atoms with E-state index in [4.69, 9.17) is 4.74 Å². The highest BCUT2D eigenvalue weighted by molar-refractivity contribution is 6.12. The minimum atomic E-state index is -2.01. The Balaban J connectivity index is 1.79. The van der Waals surface area contributed by atoms with Gasteiger partial charge in [-0.1, -0.05) is 12.2 Å². The van der Waals surface area contributed by atoms with Crippen LogP contribution in [0, 0.1) is 0 Å². The standard InChI is InChI=1S/C18H16O4/c19-16-12-6-1-2-7-13(12)18(21)17(16,20)14-8-10-4-3-5-11(10)9-15(14)22-18/h6-9,20-21H,1-5H2. The molecular weight excluding hydrogens is 280 g/mol. The maximum Gasteiger partial charge on any atom is 0.276 e. The van der Waals surface area contributed by atoms with Gasteiger partial charge in [0, 0.05) is 16.7 Å². The number of Topliss-reactive ketones (excluding diaryl/α,β-unsaturated/α-hetero) is 1. The Labute approximate surface area is 127 Å². The number of benzene rings is 1. The van der Waals surface area contributed by atoms with Crippen LogP contribution >= 0.6 is 0 Å². The molecule has 1 heterocycles. The van der Waals surface area contributed by atoms with Gasteiger partial charge in [-0.3, -0.25) is 4.79 Å². The third-order valence-corrected chi connectivity index (χ3v) is 5.42. The second-order valence-corrected chi connectivity index (χ2v) is 6.57. The summed E-state index contributed by atoms with van der Waals surface area (Å²) in [6.07, 6.45) is 8.08. The molecule has 5 rings (SSSR count). The van der Waals surface area contributed by atoms with Crippen molar-refractivity contribution in [1.82, 2.24) is 0 Å². The first-order chi connectivity index (χ1) is 10.6. The number of allylic oxidation sites excluding steroid dienone is 2. The van der Waals surface area contributed by atoms with Crippen molar-refractivity contribution in [3.63, 3.8) is 0 Å². The molecule has 1 aromatic rings. The van der Waals surface area contributed by atoms with Crippen molar-refractivity contribution >= 4 is 5.78 Å². The number of hydrogen-bond donors (Lipinski definition) is 2. The van der Waals surface area contributed by atoms with Gasteiger partial charge in [-0.05, 0) is 55.4 Å². The molecule has 0 spiro atoms. The summed E-state index contributed by atoms with van der Waals surface area (Å²) >= 11 is 0. The molecule has 2 N–H and O–H groups in total. The molecular formula is C18H16O4. The number of hydrogen-bond acceptors (Lipinski definition) is 4. The average Bonchev–Trinajstić information content (AvgIpc) is 3.11. The molecule has 0 aromatic heterocycles. The van der Waals surface area contributed by atoms with Gasteiger partial charge in [0.05, 0.1) is 0 Å². The van der Waals surface area contributed by atoms with Crippen LogP contribution in [0.3, 0.4) is 0 Å². The Morgan fingerprint density at radius 1 is 1.05 bits per heavy atom. The molecule has 2 atom stereocenters. The van der Waals surface area contributed by atoms with E-state index in [-0.39, 0.29) is 0 Å². The van der Waals surface area contributed by atoms with E-state index in [1.54, 1.807) is 6.08 Å².